The second kappa shape index (κ2) is 8.92. The zero-order chi connectivity index (χ0) is 15.0. The Morgan fingerprint density at radius 2 is 1.95 bits per heavy atom. The minimum absolute atomic E-state index is 0.104. The van der Waals surface area contributed by atoms with Gasteiger partial charge in [0.2, 0.25) is 5.91 Å². The number of hydrogen-bond acceptors (Lipinski definition) is 4. The van der Waals surface area contributed by atoms with Crippen LogP contribution < -0.4 is 10.6 Å². The number of carbonyl (C=O) groups is 2. The standard InChI is InChI=1S/C14H27N3O3/c1-11(2)17(8-5-9-18)10-13(19)16-14(20)15-12-6-3-4-7-12/h11-12,18H,3-10H2,1-2H3,(H2,15,16,19,20). The molecule has 0 aromatic rings. The number of nitrogens with zero attached hydrogens (tertiary/aromatic N) is 1. The molecule has 116 valence electrons. The van der Waals surface area contributed by atoms with E-state index in [4.69, 9.17) is 5.11 Å². The van der Waals surface area contributed by atoms with Crippen molar-refractivity contribution >= 4 is 11.9 Å². The summed E-state index contributed by atoms with van der Waals surface area (Å²) in [7, 11) is 0. The van der Waals surface area contributed by atoms with E-state index in [2.05, 4.69) is 10.6 Å². The van der Waals surface area contributed by atoms with Crippen molar-refractivity contribution in [1.29, 1.82) is 0 Å². The minimum Gasteiger partial charge on any atom is -0.396 e. The number of aliphatic hydroxyl groups is 1. The summed E-state index contributed by atoms with van der Waals surface area (Å²) in [6, 6.07) is 0.0105. The highest BCUT2D eigenvalue weighted by Crippen LogP contribution is 2.17. The van der Waals surface area contributed by atoms with Crippen LogP contribution in [-0.2, 0) is 4.79 Å². The summed E-state index contributed by atoms with van der Waals surface area (Å²) in [5.41, 5.74) is 0. The summed E-state index contributed by atoms with van der Waals surface area (Å²) in [5, 5.41) is 14.0. The van der Waals surface area contributed by atoms with E-state index in [1.54, 1.807) is 0 Å². The van der Waals surface area contributed by atoms with Gasteiger partial charge in [0.25, 0.3) is 0 Å². The fourth-order valence-corrected chi connectivity index (χ4v) is 2.44. The van der Waals surface area contributed by atoms with Gasteiger partial charge in [-0.25, -0.2) is 4.79 Å². The predicted octanol–water partition coefficient (Wildman–Crippen LogP) is 0.848. The van der Waals surface area contributed by atoms with Gasteiger partial charge in [-0.05, 0) is 33.1 Å². The number of amides is 3. The average molecular weight is 285 g/mol. The Bertz CT molecular complexity index is 315. The van der Waals surface area contributed by atoms with Gasteiger partial charge in [0.1, 0.15) is 0 Å². The van der Waals surface area contributed by atoms with Crippen LogP contribution in [0, 0.1) is 0 Å². The van der Waals surface area contributed by atoms with Gasteiger partial charge in [0.15, 0.2) is 0 Å². The van der Waals surface area contributed by atoms with Crippen LogP contribution in [0.4, 0.5) is 4.79 Å². The summed E-state index contributed by atoms with van der Waals surface area (Å²) in [6.45, 7) is 4.90. The van der Waals surface area contributed by atoms with Gasteiger partial charge in [-0.15, -0.1) is 0 Å². The van der Waals surface area contributed by atoms with Crippen LogP contribution in [0.5, 0.6) is 0 Å². The molecule has 6 heteroatoms. The third kappa shape index (κ3) is 6.34. The fourth-order valence-electron chi connectivity index (χ4n) is 2.44. The highest BCUT2D eigenvalue weighted by molar-refractivity contribution is 5.95. The van der Waals surface area contributed by atoms with Gasteiger partial charge >= 0.3 is 6.03 Å². The Hall–Kier alpha value is -1.14. The lowest BCUT2D eigenvalue weighted by molar-refractivity contribution is -0.121. The lowest BCUT2D eigenvalue weighted by atomic mass is 10.2. The molecule has 0 heterocycles. The first-order valence-electron chi connectivity index (χ1n) is 7.48. The predicted molar refractivity (Wildman–Crippen MR) is 77.3 cm³/mol. The first-order chi connectivity index (χ1) is 9.52. The molecule has 6 nitrogen and oxygen atoms in total. The zero-order valence-electron chi connectivity index (χ0n) is 12.5. The molecule has 0 bridgehead atoms. The number of nitrogens with one attached hydrogen (secondary N) is 2. The highest BCUT2D eigenvalue weighted by atomic mass is 16.3. The molecular weight excluding hydrogens is 258 g/mol. The van der Waals surface area contributed by atoms with Crippen LogP contribution in [0.25, 0.3) is 0 Å². The van der Waals surface area contributed by atoms with E-state index in [-0.39, 0.29) is 31.1 Å². The van der Waals surface area contributed by atoms with Crippen LogP contribution in [0.3, 0.4) is 0 Å². The SMILES string of the molecule is CC(C)N(CCCO)CC(=O)NC(=O)NC1CCCC1. The van der Waals surface area contributed by atoms with Crippen molar-refractivity contribution in [1.82, 2.24) is 15.5 Å². The molecule has 1 fully saturated rings. The smallest absolute Gasteiger partial charge is 0.321 e. The van der Waals surface area contributed by atoms with Crippen molar-refractivity contribution < 1.29 is 14.7 Å². The molecule has 1 aliphatic rings. The molecule has 0 unspecified atom stereocenters. The second-order valence-electron chi connectivity index (χ2n) is 5.64. The zero-order valence-corrected chi connectivity index (χ0v) is 12.5. The molecule has 0 spiro atoms. The third-order valence-corrected chi connectivity index (χ3v) is 3.62. The molecule has 0 radical (unpaired) electrons. The number of carbonyl (C=O) groups excluding carboxylic acids is 2. The van der Waals surface area contributed by atoms with Crippen LogP contribution in [0.15, 0.2) is 0 Å². The Kier molecular flexibility index (Phi) is 7.54. The van der Waals surface area contributed by atoms with Gasteiger partial charge < -0.3 is 10.4 Å². The largest absolute Gasteiger partial charge is 0.396 e. The van der Waals surface area contributed by atoms with E-state index in [0.717, 1.165) is 25.7 Å². The van der Waals surface area contributed by atoms with E-state index < -0.39 is 6.03 Å². The third-order valence-electron chi connectivity index (χ3n) is 3.62. The minimum atomic E-state index is -0.396. The van der Waals surface area contributed by atoms with Crippen LogP contribution in [0.2, 0.25) is 0 Å². The normalized spacial score (nSPS) is 15.8. The van der Waals surface area contributed by atoms with E-state index in [9.17, 15) is 9.59 Å². The molecule has 1 rings (SSSR count). The van der Waals surface area contributed by atoms with Crippen LogP contribution >= 0.6 is 0 Å². The molecule has 0 saturated heterocycles. The van der Waals surface area contributed by atoms with Crippen LogP contribution in [-0.4, -0.2) is 53.7 Å². The molecule has 3 N–H and O–H groups in total. The van der Waals surface area contributed by atoms with Gasteiger partial charge in [0.05, 0.1) is 6.54 Å². The Labute approximate surface area is 120 Å². The molecule has 0 aromatic carbocycles. The van der Waals surface area contributed by atoms with Crippen molar-refractivity contribution in [2.24, 2.45) is 0 Å². The molecular formula is C14H27N3O3. The van der Waals surface area contributed by atoms with E-state index >= 15 is 0 Å². The number of rotatable bonds is 7. The van der Waals surface area contributed by atoms with Crippen molar-refractivity contribution in [3.63, 3.8) is 0 Å². The number of imide groups is 1. The molecule has 1 saturated carbocycles. The van der Waals surface area contributed by atoms with Gasteiger partial charge in [-0.1, -0.05) is 12.8 Å². The summed E-state index contributed by atoms with van der Waals surface area (Å²) in [5.74, 6) is -0.299. The quantitative estimate of drug-likeness (QED) is 0.647. The first kappa shape index (κ1) is 16.9. The van der Waals surface area contributed by atoms with E-state index in [1.807, 2.05) is 18.7 Å². The van der Waals surface area contributed by atoms with Crippen LogP contribution in [0.1, 0.15) is 46.0 Å². The average Bonchev–Trinajstić information content (AvgIpc) is 2.86. The number of urea groups is 1. The van der Waals surface area contributed by atoms with Gasteiger partial charge in [-0.3, -0.25) is 15.0 Å². The molecule has 1 aliphatic carbocycles. The van der Waals surface area contributed by atoms with Crippen molar-refractivity contribution in [3.05, 3.63) is 0 Å². The van der Waals surface area contributed by atoms with Crippen molar-refractivity contribution in [2.75, 3.05) is 19.7 Å². The summed E-state index contributed by atoms with van der Waals surface area (Å²) in [6.07, 6.45) is 4.90. The fraction of sp³-hybridized carbons (Fsp3) is 0.857. The molecule has 3 amide bonds. The number of aliphatic hydroxyl groups excluding tert-OH is 1. The topological polar surface area (TPSA) is 81.7 Å². The summed E-state index contributed by atoms with van der Waals surface area (Å²) >= 11 is 0. The maximum Gasteiger partial charge on any atom is 0.321 e. The first-order valence-corrected chi connectivity index (χ1v) is 7.48. The van der Waals surface area contributed by atoms with Crippen molar-refractivity contribution in [2.45, 2.75) is 58.0 Å². The highest BCUT2D eigenvalue weighted by Gasteiger charge is 2.19. The maximum absolute atomic E-state index is 11.8. The second-order valence-corrected chi connectivity index (χ2v) is 5.64. The van der Waals surface area contributed by atoms with Crippen molar-refractivity contribution in [3.8, 4) is 0 Å². The molecule has 20 heavy (non-hydrogen) atoms. The summed E-state index contributed by atoms with van der Waals surface area (Å²) in [4.78, 5) is 25.4. The van der Waals surface area contributed by atoms with E-state index in [1.165, 1.54) is 0 Å². The Morgan fingerprint density at radius 3 is 2.50 bits per heavy atom. The number of hydrogen-bond donors (Lipinski definition) is 3. The Morgan fingerprint density at radius 1 is 1.30 bits per heavy atom. The summed E-state index contributed by atoms with van der Waals surface area (Å²) < 4.78 is 0. The Balaban J connectivity index is 2.30. The molecule has 0 aliphatic heterocycles. The molecule has 0 atom stereocenters. The lowest BCUT2D eigenvalue weighted by Gasteiger charge is -2.25. The maximum atomic E-state index is 11.8. The lowest BCUT2D eigenvalue weighted by Crippen LogP contribution is -2.48. The van der Waals surface area contributed by atoms with Gasteiger partial charge in [0, 0.05) is 25.2 Å². The molecule has 0 aromatic heterocycles. The van der Waals surface area contributed by atoms with Gasteiger partial charge in [-0.2, -0.15) is 0 Å². The monoisotopic (exact) mass is 285 g/mol. The van der Waals surface area contributed by atoms with E-state index in [0.29, 0.717) is 13.0 Å².